The molecule has 2 aliphatic heterocycles. The van der Waals surface area contributed by atoms with Gasteiger partial charge in [0.05, 0.1) is 0 Å². The summed E-state index contributed by atoms with van der Waals surface area (Å²) in [6.07, 6.45) is 8.06. The molecule has 126 valence electrons. The van der Waals surface area contributed by atoms with Crippen LogP contribution in [-0.2, 0) is 0 Å². The van der Waals surface area contributed by atoms with E-state index in [0.717, 1.165) is 0 Å². The Morgan fingerprint density at radius 1 is 0.619 bits per heavy atom. The largest absolute Gasteiger partial charge is 0.307 e. The van der Waals surface area contributed by atoms with Gasteiger partial charge in [0.2, 0.25) is 0 Å². The standard InChI is InChI=1S/C10H21N.C9H19N/c1-9(2)7-6-8-10(3,4)11(9)5;1-8(2)6-5-7-9(3,4)10-8/h6-8H2,1-5H3;10H,5-7H2,1-4H3. The maximum Gasteiger partial charge on any atom is 0.0155 e. The highest BCUT2D eigenvalue weighted by Crippen LogP contribution is 2.36. The van der Waals surface area contributed by atoms with Crippen molar-refractivity contribution in [1.82, 2.24) is 10.2 Å². The number of rotatable bonds is 0. The molecule has 2 fully saturated rings. The molecule has 0 spiro atoms. The van der Waals surface area contributed by atoms with E-state index >= 15 is 0 Å². The Hall–Kier alpha value is -0.0800. The molecular formula is C19H40N2. The summed E-state index contributed by atoms with van der Waals surface area (Å²) in [7, 11) is 2.25. The Morgan fingerprint density at radius 2 is 0.952 bits per heavy atom. The molecule has 0 bridgehead atoms. The van der Waals surface area contributed by atoms with Crippen molar-refractivity contribution in [2.24, 2.45) is 0 Å². The van der Waals surface area contributed by atoms with E-state index in [1.807, 2.05) is 0 Å². The molecule has 1 N–H and O–H groups in total. The predicted molar refractivity (Wildman–Crippen MR) is 94.9 cm³/mol. The van der Waals surface area contributed by atoms with Gasteiger partial charge < -0.3 is 5.32 Å². The molecule has 2 heteroatoms. The van der Waals surface area contributed by atoms with Crippen LogP contribution in [0, 0.1) is 0 Å². The molecule has 2 nitrogen and oxygen atoms in total. The van der Waals surface area contributed by atoms with E-state index in [9.17, 15) is 0 Å². The number of likely N-dealkylation sites (tertiary alicyclic amines) is 1. The van der Waals surface area contributed by atoms with Gasteiger partial charge in [0.15, 0.2) is 0 Å². The van der Waals surface area contributed by atoms with Crippen LogP contribution in [0.15, 0.2) is 0 Å². The first-order valence-electron chi connectivity index (χ1n) is 8.81. The van der Waals surface area contributed by atoms with Crippen LogP contribution in [0.5, 0.6) is 0 Å². The SMILES string of the molecule is CC1(C)CCCC(C)(C)N1.CN1C(C)(C)CCCC1(C)C. The van der Waals surface area contributed by atoms with Crippen molar-refractivity contribution in [3.63, 3.8) is 0 Å². The lowest BCUT2D eigenvalue weighted by molar-refractivity contribution is -0.00199. The van der Waals surface area contributed by atoms with E-state index in [-0.39, 0.29) is 0 Å². The van der Waals surface area contributed by atoms with Crippen molar-refractivity contribution < 1.29 is 0 Å². The molecule has 0 aliphatic carbocycles. The summed E-state index contributed by atoms with van der Waals surface area (Å²) >= 11 is 0. The highest BCUT2D eigenvalue weighted by Gasteiger charge is 2.38. The van der Waals surface area contributed by atoms with Crippen molar-refractivity contribution in [2.75, 3.05) is 7.05 Å². The van der Waals surface area contributed by atoms with E-state index < -0.39 is 0 Å². The van der Waals surface area contributed by atoms with Gasteiger partial charge in [-0.2, -0.15) is 0 Å². The zero-order valence-corrected chi connectivity index (χ0v) is 16.2. The third-order valence-corrected chi connectivity index (χ3v) is 5.67. The maximum atomic E-state index is 3.63. The maximum absolute atomic E-state index is 3.63. The second-order valence-corrected chi connectivity index (χ2v) is 9.78. The Bertz CT molecular complexity index is 309. The fourth-order valence-electron chi connectivity index (χ4n) is 4.12. The van der Waals surface area contributed by atoms with E-state index in [1.165, 1.54) is 38.5 Å². The third kappa shape index (κ3) is 5.56. The van der Waals surface area contributed by atoms with Crippen LogP contribution in [0.4, 0.5) is 0 Å². The summed E-state index contributed by atoms with van der Waals surface area (Å²) < 4.78 is 0. The quantitative estimate of drug-likeness (QED) is 0.678. The van der Waals surface area contributed by atoms with Gasteiger partial charge in [0.1, 0.15) is 0 Å². The van der Waals surface area contributed by atoms with Gasteiger partial charge in [-0.05, 0) is 101 Å². The lowest BCUT2D eigenvalue weighted by Crippen LogP contribution is -2.56. The molecule has 0 aromatic heterocycles. The molecule has 0 amide bonds. The summed E-state index contributed by atoms with van der Waals surface area (Å²) in [4.78, 5) is 2.52. The highest BCUT2D eigenvalue weighted by atomic mass is 15.2. The Balaban J connectivity index is 0.000000211. The van der Waals surface area contributed by atoms with Gasteiger partial charge in [0.25, 0.3) is 0 Å². The van der Waals surface area contributed by atoms with Gasteiger partial charge in [-0.15, -0.1) is 0 Å². The molecular weight excluding hydrogens is 256 g/mol. The van der Waals surface area contributed by atoms with Crippen molar-refractivity contribution in [3.05, 3.63) is 0 Å². The van der Waals surface area contributed by atoms with Crippen LogP contribution in [0.1, 0.15) is 93.9 Å². The molecule has 0 radical (unpaired) electrons. The Kier molecular flexibility index (Phi) is 5.60. The van der Waals surface area contributed by atoms with Gasteiger partial charge in [-0.1, -0.05) is 0 Å². The average Bonchev–Trinajstić information content (AvgIpc) is 2.23. The molecule has 0 aromatic carbocycles. The van der Waals surface area contributed by atoms with Crippen LogP contribution < -0.4 is 5.32 Å². The fourth-order valence-corrected chi connectivity index (χ4v) is 4.12. The first-order chi connectivity index (χ1) is 9.28. The van der Waals surface area contributed by atoms with Crippen molar-refractivity contribution in [3.8, 4) is 0 Å². The molecule has 2 saturated heterocycles. The van der Waals surface area contributed by atoms with Crippen LogP contribution in [0.3, 0.4) is 0 Å². The highest BCUT2D eigenvalue weighted by molar-refractivity contribution is 4.94. The van der Waals surface area contributed by atoms with Crippen molar-refractivity contribution in [1.29, 1.82) is 0 Å². The number of nitrogens with zero attached hydrogens (tertiary/aromatic N) is 1. The van der Waals surface area contributed by atoms with Crippen LogP contribution in [0.2, 0.25) is 0 Å². The first kappa shape index (κ1) is 19.0. The fraction of sp³-hybridized carbons (Fsp3) is 1.00. The third-order valence-electron chi connectivity index (χ3n) is 5.67. The van der Waals surface area contributed by atoms with Gasteiger partial charge in [-0.25, -0.2) is 0 Å². The van der Waals surface area contributed by atoms with E-state index in [0.29, 0.717) is 22.2 Å². The van der Waals surface area contributed by atoms with E-state index in [1.54, 1.807) is 0 Å². The number of hydrogen-bond acceptors (Lipinski definition) is 2. The van der Waals surface area contributed by atoms with Gasteiger partial charge in [0, 0.05) is 22.2 Å². The minimum atomic E-state index is 0.363. The summed E-state index contributed by atoms with van der Waals surface area (Å²) in [5.74, 6) is 0. The van der Waals surface area contributed by atoms with Crippen LogP contribution in [0.25, 0.3) is 0 Å². The Labute approximate surface area is 134 Å². The zero-order chi connectivity index (χ0) is 16.5. The number of nitrogens with one attached hydrogen (secondary N) is 1. The summed E-state index contributed by atoms with van der Waals surface area (Å²) in [5, 5.41) is 3.63. The lowest BCUT2D eigenvalue weighted by Gasteiger charge is -2.50. The smallest absolute Gasteiger partial charge is 0.0155 e. The van der Waals surface area contributed by atoms with E-state index in [4.69, 9.17) is 0 Å². The molecule has 0 saturated carbocycles. The molecule has 0 atom stereocenters. The number of hydrogen-bond donors (Lipinski definition) is 1. The summed E-state index contributed by atoms with van der Waals surface area (Å²) in [6.45, 7) is 18.5. The minimum absolute atomic E-state index is 0.363. The van der Waals surface area contributed by atoms with Crippen molar-refractivity contribution >= 4 is 0 Å². The zero-order valence-electron chi connectivity index (χ0n) is 16.2. The molecule has 0 unspecified atom stereocenters. The second kappa shape index (κ2) is 6.20. The summed E-state index contributed by atoms with van der Waals surface area (Å²) in [5.41, 5.74) is 1.53. The van der Waals surface area contributed by atoms with Gasteiger partial charge in [-0.3, -0.25) is 4.90 Å². The van der Waals surface area contributed by atoms with E-state index in [2.05, 4.69) is 72.7 Å². The average molecular weight is 297 g/mol. The normalized spacial score (nSPS) is 30.1. The summed E-state index contributed by atoms with van der Waals surface area (Å²) in [6, 6.07) is 0. The lowest BCUT2D eigenvalue weighted by atomic mass is 9.80. The van der Waals surface area contributed by atoms with Crippen LogP contribution in [-0.4, -0.2) is 34.1 Å². The number of piperidine rings is 2. The molecule has 21 heavy (non-hydrogen) atoms. The van der Waals surface area contributed by atoms with Gasteiger partial charge >= 0.3 is 0 Å². The molecule has 2 heterocycles. The first-order valence-corrected chi connectivity index (χ1v) is 8.81. The van der Waals surface area contributed by atoms with Crippen LogP contribution >= 0.6 is 0 Å². The monoisotopic (exact) mass is 296 g/mol. The molecule has 2 aliphatic rings. The topological polar surface area (TPSA) is 15.3 Å². The Morgan fingerprint density at radius 3 is 1.19 bits per heavy atom. The predicted octanol–water partition coefficient (Wildman–Crippen LogP) is 4.98. The molecule has 2 rings (SSSR count). The van der Waals surface area contributed by atoms with Crippen molar-refractivity contribution in [2.45, 2.75) is 116 Å². The minimum Gasteiger partial charge on any atom is -0.307 e. The second-order valence-electron chi connectivity index (χ2n) is 9.78. The molecule has 0 aromatic rings.